The molecule has 0 aromatic heterocycles. The molecule has 1 aromatic carbocycles. The third kappa shape index (κ3) is 3.05. The highest BCUT2D eigenvalue weighted by molar-refractivity contribution is 6.44. The number of carbonyl (C=O) groups is 1. The molecule has 2 N–H and O–H groups in total. The molecule has 0 aliphatic carbocycles. The molecule has 1 amide bonds. The third-order valence-electron chi connectivity index (χ3n) is 2.64. The molecular formula is C11H11Cl3N2O. The van der Waals surface area contributed by atoms with E-state index in [0.29, 0.717) is 20.8 Å². The molecule has 1 saturated heterocycles. The van der Waals surface area contributed by atoms with Gasteiger partial charge in [0.05, 0.1) is 26.8 Å². The zero-order valence-electron chi connectivity index (χ0n) is 8.90. The Morgan fingerprint density at radius 3 is 2.59 bits per heavy atom. The van der Waals surface area contributed by atoms with E-state index in [0.717, 1.165) is 19.4 Å². The van der Waals surface area contributed by atoms with Crippen molar-refractivity contribution in [1.29, 1.82) is 0 Å². The van der Waals surface area contributed by atoms with Crippen LogP contribution in [-0.4, -0.2) is 18.5 Å². The van der Waals surface area contributed by atoms with Crippen molar-refractivity contribution >= 4 is 46.4 Å². The molecule has 92 valence electrons. The minimum absolute atomic E-state index is 0.0946. The highest BCUT2D eigenvalue weighted by Crippen LogP contribution is 2.32. The molecule has 0 saturated carbocycles. The zero-order valence-corrected chi connectivity index (χ0v) is 11.2. The average Bonchev–Trinajstić information content (AvgIpc) is 2.79. The van der Waals surface area contributed by atoms with E-state index in [2.05, 4.69) is 10.6 Å². The second kappa shape index (κ2) is 5.44. The summed E-state index contributed by atoms with van der Waals surface area (Å²) >= 11 is 17.7. The highest BCUT2D eigenvalue weighted by atomic mass is 35.5. The number of halogens is 3. The second-order valence-corrected chi connectivity index (χ2v) is 5.11. The van der Waals surface area contributed by atoms with Gasteiger partial charge in [0, 0.05) is 0 Å². The lowest BCUT2D eigenvalue weighted by Crippen LogP contribution is -2.35. The van der Waals surface area contributed by atoms with Crippen molar-refractivity contribution in [2.24, 2.45) is 0 Å². The van der Waals surface area contributed by atoms with Gasteiger partial charge >= 0.3 is 0 Å². The van der Waals surface area contributed by atoms with Crippen LogP contribution in [-0.2, 0) is 4.79 Å². The Morgan fingerprint density at radius 1 is 1.24 bits per heavy atom. The maximum Gasteiger partial charge on any atom is 0.241 e. The molecule has 17 heavy (non-hydrogen) atoms. The normalized spacial score (nSPS) is 19.4. The summed E-state index contributed by atoms with van der Waals surface area (Å²) in [6.45, 7) is 0.868. The van der Waals surface area contributed by atoms with Gasteiger partial charge in [-0.05, 0) is 31.5 Å². The summed E-state index contributed by atoms with van der Waals surface area (Å²) in [5.74, 6) is -0.0946. The van der Waals surface area contributed by atoms with E-state index in [-0.39, 0.29) is 11.9 Å². The summed E-state index contributed by atoms with van der Waals surface area (Å²) in [4.78, 5) is 11.9. The molecule has 6 heteroatoms. The van der Waals surface area contributed by atoms with Crippen LogP contribution in [0.2, 0.25) is 15.1 Å². The summed E-state index contributed by atoms with van der Waals surface area (Å²) in [6, 6.07) is 2.92. The first kappa shape index (κ1) is 13.0. The van der Waals surface area contributed by atoms with Crippen molar-refractivity contribution in [3.63, 3.8) is 0 Å². The smallest absolute Gasteiger partial charge is 0.241 e. The van der Waals surface area contributed by atoms with Crippen LogP contribution in [0.15, 0.2) is 12.1 Å². The molecule has 3 nitrogen and oxygen atoms in total. The molecule has 1 aliphatic rings. The lowest BCUT2D eigenvalue weighted by molar-refractivity contribution is -0.117. The number of hydrogen-bond acceptors (Lipinski definition) is 2. The van der Waals surface area contributed by atoms with Crippen molar-refractivity contribution in [2.45, 2.75) is 18.9 Å². The Balaban J connectivity index is 2.12. The standard InChI is InChI=1S/C11H11Cl3N2O/c12-6-4-8(14)10(5-7(6)13)16-11(17)9-2-1-3-15-9/h4-5,9,15H,1-3H2,(H,16,17)/t9-/m0/s1. The summed E-state index contributed by atoms with van der Waals surface area (Å²) in [6.07, 6.45) is 1.85. The molecular weight excluding hydrogens is 282 g/mol. The lowest BCUT2D eigenvalue weighted by Gasteiger charge is -2.12. The molecule has 1 heterocycles. The fraction of sp³-hybridized carbons (Fsp3) is 0.364. The van der Waals surface area contributed by atoms with E-state index in [9.17, 15) is 4.79 Å². The highest BCUT2D eigenvalue weighted by Gasteiger charge is 2.22. The third-order valence-corrected chi connectivity index (χ3v) is 3.68. The van der Waals surface area contributed by atoms with Crippen molar-refractivity contribution < 1.29 is 4.79 Å². The van der Waals surface area contributed by atoms with Gasteiger partial charge < -0.3 is 10.6 Å². The van der Waals surface area contributed by atoms with Gasteiger partial charge in [-0.1, -0.05) is 34.8 Å². The topological polar surface area (TPSA) is 41.1 Å². The SMILES string of the molecule is O=C(Nc1cc(Cl)c(Cl)cc1Cl)[C@@H]1CCCN1. The quantitative estimate of drug-likeness (QED) is 0.821. The van der Waals surface area contributed by atoms with E-state index in [1.54, 1.807) is 6.07 Å². The lowest BCUT2D eigenvalue weighted by atomic mass is 10.2. The predicted molar refractivity (Wildman–Crippen MR) is 71.1 cm³/mol. The van der Waals surface area contributed by atoms with Crippen LogP contribution in [0, 0.1) is 0 Å². The van der Waals surface area contributed by atoms with Gasteiger partial charge in [0.15, 0.2) is 0 Å². The van der Waals surface area contributed by atoms with Crippen molar-refractivity contribution in [3.05, 3.63) is 27.2 Å². The van der Waals surface area contributed by atoms with Crippen LogP contribution in [0.25, 0.3) is 0 Å². The molecule has 1 aliphatic heterocycles. The van der Waals surface area contributed by atoms with Gasteiger partial charge in [-0.3, -0.25) is 4.79 Å². The van der Waals surface area contributed by atoms with Gasteiger partial charge in [0.25, 0.3) is 0 Å². The van der Waals surface area contributed by atoms with Crippen LogP contribution in [0.3, 0.4) is 0 Å². The first-order valence-electron chi connectivity index (χ1n) is 5.26. The summed E-state index contributed by atoms with van der Waals surface area (Å²) < 4.78 is 0. The Morgan fingerprint density at radius 2 is 1.94 bits per heavy atom. The second-order valence-electron chi connectivity index (χ2n) is 3.88. The van der Waals surface area contributed by atoms with E-state index in [1.165, 1.54) is 6.07 Å². The number of rotatable bonds is 2. The van der Waals surface area contributed by atoms with Crippen LogP contribution in [0.1, 0.15) is 12.8 Å². The number of carbonyl (C=O) groups excluding carboxylic acids is 1. The molecule has 0 unspecified atom stereocenters. The van der Waals surface area contributed by atoms with Gasteiger partial charge in [0.2, 0.25) is 5.91 Å². The monoisotopic (exact) mass is 292 g/mol. The van der Waals surface area contributed by atoms with Crippen molar-refractivity contribution in [2.75, 3.05) is 11.9 Å². The minimum atomic E-state index is -0.152. The van der Waals surface area contributed by atoms with Crippen molar-refractivity contribution in [1.82, 2.24) is 5.32 Å². The summed E-state index contributed by atoms with van der Waals surface area (Å²) in [5.41, 5.74) is 0.486. The zero-order chi connectivity index (χ0) is 12.4. The maximum absolute atomic E-state index is 11.9. The molecule has 1 atom stereocenters. The van der Waals surface area contributed by atoms with Crippen LogP contribution in [0.4, 0.5) is 5.69 Å². The average molecular weight is 294 g/mol. The summed E-state index contributed by atoms with van der Waals surface area (Å²) in [5, 5.41) is 6.97. The number of nitrogens with one attached hydrogen (secondary N) is 2. The Hall–Kier alpha value is -0.480. The number of anilines is 1. The fourth-order valence-corrected chi connectivity index (χ4v) is 2.34. The fourth-order valence-electron chi connectivity index (χ4n) is 1.75. The Kier molecular flexibility index (Phi) is 4.15. The molecule has 0 spiro atoms. The minimum Gasteiger partial charge on any atom is -0.323 e. The van der Waals surface area contributed by atoms with Gasteiger partial charge in [0.1, 0.15) is 0 Å². The number of hydrogen-bond donors (Lipinski definition) is 2. The van der Waals surface area contributed by atoms with E-state index < -0.39 is 0 Å². The largest absolute Gasteiger partial charge is 0.323 e. The van der Waals surface area contributed by atoms with Gasteiger partial charge in [-0.2, -0.15) is 0 Å². The first-order chi connectivity index (χ1) is 8.08. The summed E-state index contributed by atoms with van der Waals surface area (Å²) in [7, 11) is 0. The van der Waals surface area contributed by atoms with E-state index >= 15 is 0 Å². The molecule has 1 aromatic rings. The van der Waals surface area contributed by atoms with Gasteiger partial charge in [-0.25, -0.2) is 0 Å². The molecule has 2 rings (SSSR count). The maximum atomic E-state index is 11.9. The molecule has 0 radical (unpaired) electrons. The Bertz CT molecular complexity index is 445. The van der Waals surface area contributed by atoms with Crippen molar-refractivity contribution in [3.8, 4) is 0 Å². The van der Waals surface area contributed by atoms with Gasteiger partial charge in [-0.15, -0.1) is 0 Å². The van der Waals surface area contributed by atoms with Crippen LogP contribution in [0.5, 0.6) is 0 Å². The van der Waals surface area contributed by atoms with E-state index in [1.807, 2.05) is 0 Å². The van der Waals surface area contributed by atoms with Crippen LogP contribution >= 0.6 is 34.8 Å². The molecule has 1 fully saturated rings. The predicted octanol–water partition coefficient (Wildman–Crippen LogP) is 3.34. The number of amides is 1. The molecule has 0 bridgehead atoms. The van der Waals surface area contributed by atoms with E-state index in [4.69, 9.17) is 34.8 Å². The Labute approximate surface area is 114 Å². The number of benzene rings is 1. The first-order valence-corrected chi connectivity index (χ1v) is 6.40. The van der Waals surface area contributed by atoms with Crippen LogP contribution < -0.4 is 10.6 Å².